The molecular formula is C20H24O2. The van der Waals surface area contributed by atoms with Gasteiger partial charge in [-0.25, -0.2) is 0 Å². The Hall–Kier alpha value is -1.96. The fraction of sp³-hybridized carbons (Fsp3) is 0.400. The van der Waals surface area contributed by atoms with Crippen LogP contribution < -0.4 is 9.47 Å². The summed E-state index contributed by atoms with van der Waals surface area (Å²) in [5, 5.41) is 2.32. The van der Waals surface area contributed by atoms with Crippen LogP contribution >= 0.6 is 0 Å². The lowest BCUT2D eigenvalue weighted by Crippen LogP contribution is -2.05. The van der Waals surface area contributed by atoms with Crippen molar-refractivity contribution >= 4 is 10.8 Å². The lowest BCUT2D eigenvalue weighted by Gasteiger charge is -2.21. The van der Waals surface area contributed by atoms with E-state index in [2.05, 4.69) is 30.8 Å². The summed E-state index contributed by atoms with van der Waals surface area (Å²) in [6, 6.07) is 8.42. The van der Waals surface area contributed by atoms with E-state index in [1.165, 1.54) is 22.1 Å². The van der Waals surface area contributed by atoms with Gasteiger partial charge >= 0.3 is 0 Å². The van der Waals surface area contributed by atoms with Crippen LogP contribution in [0.4, 0.5) is 0 Å². The van der Waals surface area contributed by atoms with Crippen LogP contribution in [0, 0.1) is 0 Å². The highest BCUT2D eigenvalue weighted by atomic mass is 16.5. The predicted octanol–water partition coefficient (Wildman–Crippen LogP) is 5.07. The molecule has 0 aliphatic heterocycles. The maximum Gasteiger partial charge on any atom is 0.131 e. The van der Waals surface area contributed by atoms with Gasteiger partial charge in [-0.1, -0.05) is 36.4 Å². The van der Waals surface area contributed by atoms with Crippen molar-refractivity contribution in [1.29, 1.82) is 0 Å². The van der Waals surface area contributed by atoms with Crippen molar-refractivity contribution in [2.75, 3.05) is 13.2 Å². The summed E-state index contributed by atoms with van der Waals surface area (Å²) in [6.07, 6.45) is 4.15. The van der Waals surface area contributed by atoms with Crippen LogP contribution in [0.5, 0.6) is 11.5 Å². The second-order valence-corrected chi connectivity index (χ2v) is 5.81. The summed E-state index contributed by atoms with van der Waals surface area (Å²) in [7, 11) is 0. The summed E-state index contributed by atoms with van der Waals surface area (Å²) in [5.74, 6) is 2.07. The summed E-state index contributed by atoms with van der Waals surface area (Å²) in [6.45, 7) is 9.69. The topological polar surface area (TPSA) is 18.5 Å². The molecule has 0 saturated carbocycles. The number of hydrogen-bond donors (Lipinski definition) is 0. The van der Waals surface area contributed by atoms with Gasteiger partial charge in [0, 0.05) is 21.9 Å². The standard InChI is InChI=1S/C20H24O2/c1-4-21-19-15-10-6-7-11-16(15)20(22-5-2)18-13-14(3)9-8-12-17(18)19/h6-7,10-11H,3-5,8-9,12-13H2,1-2H3. The molecule has 2 heteroatoms. The molecule has 0 unspecified atom stereocenters. The van der Waals surface area contributed by atoms with Gasteiger partial charge < -0.3 is 9.47 Å². The third-order valence-corrected chi connectivity index (χ3v) is 4.29. The predicted molar refractivity (Wildman–Crippen MR) is 92.1 cm³/mol. The molecule has 1 aliphatic rings. The number of benzene rings is 2. The first kappa shape index (κ1) is 15.0. The van der Waals surface area contributed by atoms with E-state index in [1.807, 2.05) is 13.8 Å². The van der Waals surface area contributed by atoms with E-state index in [9.17, 15) is 0 Å². The molecular weight excluding hydrogens is 272 g/mol. The van der Waals surface area contributed by atoms with Gasteiger partial charge in [0.2, 0.25) is 0 Å². The number of ether oxygens (including phenoxy) is 2. The maximum absolute atomic E-state index is 6.06. The first-order valence-electron chi connectivity index (χ1n) is 8.24. The molecule has 2 nitrogen and oxygen atoms in total. The van der Waals surface area contributed by atoms with Crippen LogP contribution in [-0.4, -0.2) is 13.2 Å². The van der Waals surface area contributed by atoms with Crippen molar-refractivity contribution in [3.8, 4) is 11.5 Å². The van der Waals surface area contributed by atoms with E-state index < -0.39 is 0 Å². The van der Waals surface area contributed by atoms with Crippen LogP contribution in [0.2, 0.25) is 0 Å². The Bertz CT molecular complexity index is 700. The molecule has 3 rings (SSSR count). The van der Waals surface area contributed by atoms with Gasteiger partial charge in [-0.05, 0) is 39.5 Å². The van der Waals surface area contributed by atoms with E-state index >= 15 is 0 Å². The van der Waals surface area contributed by atoms with Gasteiger partial charge in [-0.15, -0.1) is 0 Å². The number of fused-ring (bicyclic) bond motifs is 2. The SMILES string of the molecule is C=C1CCCc2c(c(OCC)c3ccccc3c2OCC)C1. The first-order chi connectivity index (χ1) is 10.8. The molecule has 2 aromatic rings. The molecule has 116 valence electrons. The minimum Gasteiger partial charge on any atom is -0.493 e. The molecule has 1 aliphatic carbocycles. The summed E-state index contributed by atoms with van der Waals surface area (Å²) >= 11 is 0. The largest absolute Gasteiger partial charge is 0.493 e. The highest BCUT2D eigenvalue weighted by Crippen LogP contribution is 2.44. The summed E-state index contributed by atoms with van der Waals surface area (Å²) in [5.41, 5.74) is 3.89. The van der Waals surface area contributed by atoms with Crippen LogP contribution in [0.15, 0.2) is 36.4 Å². The quantitative estimate of drug-likeness (QED) is 0.579. The molecule has 0 atom stereocenters. The molecule has 0 saturated heterocycles. The molecule has 0 aromatic heterocycles. The van der Waals surface area contributed by atoms with Crippen molar-refractivity contribution < 1.29 is 9.47 Å². The Kier molecular flexibility index (Phi) is 4.37. The molecule has 0 amide bonds. The monoisotopic (exact) mass is 296 g/mol. The van der Waals surface area contributed by atoms with Gasteiger partial charge in [-0.2, -0.15) is 0 Å². The fourth-order valence-corrected chi connectivity index (χ4v) is 3.40. The first-order valence-corrected chi connectivity index (χ1v) is 8.24. The van der Waals surface area contributed by atoms with Gasteiger partial charge in [0.05, 0.1) is 13.2 Å². The lowest BCUT2D eigenvalue weighted by atomic mass is 9.94. The van der Waals surface area contributed by atoms with Gasteiger partial charge in [0.25, 0.3) is 0 Å². The van der Waals surface area contributed by atoms with Gasteiger partial charge in [0.1, 0.15) is 11.5 Å². The minimum absolute atomic E-state index is 0.677. The third kappa shape index (κ3) is 2.58. The second-order valence-electron chi connectivity index (χ2n) is 5.81. The average molecular weight is 296 g/mol. The third-order valence-electron chi connectivity index (χ3n) is 4.29. The Labute approximate surface area is 132 Å². The Morgan fingerprint density at radius 1 is 0.909 bits per heavy atom. The summed E-state index contributed by atoms with van der Waals surface area (Å²) in [4.78, 5) is 0. The van der Waals surface area contributed by atoms with Crippen LogP contribution in [0.1, 0.15) is 37.8 Å². The zero-order valence-corrected chi connectivity index (χ0v) is 13.6. The van der Waals surface area contributed by atoms with E-state index in [-0.39, 0.29) is 0 Å². The van der Waals surface area contributed by atoms with Crippen LogP contribution in [0.3, 0.4) is 0 Å². The number of hydrogen-bond acceptors (Lipinski definition) is 2. The molecule has 0 fully saturated rings. The molecule has 0 bridgehead atoms. The van der Waals surface area contributed by atoms with Crippen molar-refractivity contribution in [2.45, 2.75) is 39.5 Å². The van der Waals surface area contributed by atoms with E-state index in [1.54, 1.807) is 0 Å². The second kappa shape index (κ2) is 6.43. The lowest BCUT2D eigenvalue weighted by molar-refractivity contribution is 0.331. The van der Waals surface area contributed by atoms with E-state index in [0.717, 1.165) is 42.6 Å². The molecule has 0 heterocycles. The number of allylic oxidation sites excluding steroid dienone is 1. The zero-order chi connectivity index (χ0) is 15.5. The Morgan fingerprint density at radius 3 is 2.09 bits per heavy atom. The van der Waals surface area contributed by atoms with Crippen LogP contribution in [0.25, 0.3) is 10.8 Å². The van der Waals surface area contributed by atoms with Crippen molar-refractivity contribution in [3.63, 3.8) is 0 Å². The number of rotatable bonds is 4. The Balaban J connectivity index is 2.34. The molecule has 0 spiro atoms. The zero-order valence-electron chi connectivity index (χ0n) is 13.6. The Morgan fingerprint density at radius 2 is 1.50 bits per heavy atom. The van der Waals surface area contributed by atoms with E-state index in [0.29, 0.717) is 13.2 Å². The van der Waals surface area contributed by atoms with Crippen molar-refractivity contribution in [2.24, 2.45) is 0 Å². The minimum atomic E-state index is 0.677. The molecule has 22 heavy (non-hydrogen) atoms. The normalized spacial score (nSPS) is 14.5. The highest BCUT2D eigenvalue weighted by Gasteiger charge is 2.23. The van der Waals surface area contributed by atoms with Crippen molar-refractivity contribution in [1.82, 2.24) is 0 Å². The maximum atomic E-state index is 6.06. The average Bonchev–Trinajstić information content (AvgIpc) is 2.72. The molecule has 0 N–H and O–H groups in total. The summed E-state index contributed by atoms with van der Waals surface area (Å²) < 4.78 is 12.1. The van der Waals surface area contributed by atoms with Gasteiger partial charge in [0.15, 0.2) is 0 Å². The van der Waals surface area contributed by atoms with E-state index in [4.69, 9.17) is 9.47 Å². The van der Waals surface area contributed by atoms with Crippen molar-refractivity contribution in [3.05, 3.63) is 47.5 Å². The van der Waals surface area contributed by atoms with Gasteiger partial charge in [-0.3, -0.25) is 0 Å². The smallest absolute Gasteiger partial charge is 0.131 e. The highest BCUT2D eigenvalue weighted by molar-refractivity contribution is 5.96. The van der Waals surface area contributed by atoms with Crippen LogP contribution in [-0.2, 0) is 12.8 Å². The molecule has 2 aromatic carbocycles. The molecule has 0 radical (unpaired) electrons. The fourth-order valence-electron chi connectivity index (χ4n) is 3.40.